The van der Waals surface area contributed by atoms with Gasteiger partial charge in [0.05, 0.1) is 0 Å². The van der Waals surface area contributed by atoms with Gasteiger partial charge >= 0.3 is 0 Å². The van der Waals surface area contributed by atoms with Crippen LogP contribution in [0.2, 0.25) is 0 Å². The van der Waals surface area contributed by atoms with E-state index in [-0.39, 0.29) is 0 Å². The fourth-order valence-electron chi connectivity index (χ4n) is 1.37. The predicted molar refractivity (Wildman–Crippen MR) is 58.8 cm³/mol. The molecule has 0 saturated heterocycles. The zero-order chi connectivity index (χ0) is 10.0. The Labute approximate surface area is 81.0 Å². The lowest BCUT2D eigenvalue weighted by Gasteiger charge is -2.16. The monoisotopic (exact) mass is 177 g/mol. The number of nitrogens with two attached hydrogens (primary N) is 1. The highest BCUT2D eigenvalue weighted by molar-refractivity contribution is 5.48. The first-order valence-electron chi connectivity index (χ1n) is 4.88. The fraction of sp³-hybridized carbons (Fsp3) is 0.500. The van der Waals surface area contributed by atoms with E-state index in [2.05, 4.69) is 39.8 Å². The van der Waals surface area contributed by atoms with Crippen molar-refractivity contribution in [3.05, 3.63) is 29.3 Å². The van der Waals surface area contributed by atoms with Gasteiger partial charge in [-0.05, 0) is 36.0 Å². The molecule has 1 aromatic rings. The molecular formula is C12H19N. The van der Waals surface area contributed by atoms with Gasteiger partial charge in [-0.3, -0.25) is 0 Å². The van der Waals surface area contributed by atoms with Crippen LogP contribution in [0.1, 0.15) is 37.8 Å². The van der Waals surface area contributed by atoms with E-state index in [0.29, 0.717) is 11.8 Å². The minimum Gasteiger partial charge on any atom is -0.399 e. The topological polar surface area (TPSA) is 26.0 Å². The van der Waals surface area contributed by atoms with E-state index in [4.69, 9.17) is 5.73 Å². The van der Waals surface area contributed by atoms with Gasteiger partial charge in [-0.15, -0.1) is 0 Å². The van der Waals surface area contributed by atoms with E-state index in [9.17, 15) is 0 Å². The lowest BCUT2D eigenvalue weighted by Crippen LogP contribution is -2.02. The summed E-state index contributed by atoms with van der Waals surface area (Å²) in [6.07, 6.45) is 0. The summed E-state index contributed by atoms with van der Waals surface area (Å²) in [7, 11) is 0. The van der Waals surface area contributed by atoms with Crippen LogP contribution in [0, 0.1) is 12.8 Å². The largest absolute Gasteiger partial charge is 0.399 e. The van der Waals surface area contributed by atoms with Crippen molar-refractivity contribution < 1.29 is 0 Å². The van der Waals surface area contributed by atoms with Gasteiger partial charge in [-0.2, -0.15) is 0 Å². The molecule has 0 aromatic heterocycles. The third kappa shape index (κ3) is 2.24. The molecule has 2 N–H and O–H groups in total. The summed E-state index contributed by atoms with van der Waals surface area (Å²) >= 11 is 0. The number of hydrogen-bond acceptors (Lipinski definition) is 1. The summed E-state index contributed by atoms with van der Waals surface area (Å²) < 4.78 is 0. The number of nitrogen functional groups attached to an aromatic ring is 1. The molecule has 0 fully saturated rings. The average molecular weight is 177 g/mol. The third-order valence-electron chi connectivity index (χ3n) is 2.82. The Bertz CT molecular complexity index is 289. The lowest BCUT2D eigenvalue weighted by atomic mass is 9.89. The van der Waals surface area contributed by atoms with E-state index >= 15 is 0 Å². The van der Waals surface area contributed by atoms with Crippen LogP contribution in [0.4, 0.5) is 5.69 Å². The Kier molecular flexibility index (Phi) is 2.97. The maximum atomic E-state index is 5.76. The SMILES string of the molecule is Cc1cc(C(C)C(C)C)ccc1N. The van der Waals surface area contributed by atoms with Crippen molar-refractivity contribution in [2.24, 2.45) is 5.92 Å². The minimum atomic E-state index is 0.610. The second-order valence-corrected chi connectivity index (χ2v) is 4.15. The molecule has 0 amide bonds. The molecule has 0 aliphatic carbocycles. The zero-order valence-electron chi connectivity index (χ0n) is 8.96. The first kappa shape index (κ1) is 10.1. The zero-order valence-corrected chi connectivity index (χ0v) is 8.96. The molecule has 0 aliphatic heterocycles. The van der Waals surface area contributed by atoms with Gasteiger partial charge < -0.3 is 5.73 Å². The van der Waals surface area contributed by atoms with E-state index in [1.54, 1.807) is 0 Å². The van der Waals surface area contributed by atoms with E-state index in [1.807, 2.05) is 6.07 Å². The highest BCUT2D eigenvalue weighted by Gasteiger charge is 2.09. The molecule has 0 aliphatic rings. The average Bonchev–Trinajstić information content (AvgIpc) is 2.08. The van der Waals surface area contributed by atoms with E-state index in [0.717, 1.165) is 5.69 Å². The first-order valence-corrected chi connectivity index (χ1v) is 4.88. The Morgan fingerprint density at radius 3 is 2.23 bits per heavy atom. The summed E-state index contributed by atoms with van der Waals surface area (Å²) in [4.78, 5) is 0. The predicted octanol–water partition coefficient (Wildman–Crippen LogP) is 3.34. The van der Waals surface area contributed by atoms with Gasteiger partial charge in [0.2, 0.25) is 0 Å². The molecule has 1 atom stereocenters. The lowest BCUT2D eigenvalue weighted by molar-refractivity contribution is 0.535. The molecule has 1 heteroatoms. The second-order valence-electron chi connectivity index (χ2n) is 4.15. The van der Waals surface area contributed by atoms with Crippen molar-refractivity contribution >= 4 is 5.69 Å². The van der Waals surface area contributed by atoms with Gasteiger partial charge in [0.25, 0.3) is 0 Å². The molecule has 1 nitrogen and oxygen atoms in total. The van der Waals surface area contributed by atoms with E-state index < -0.39 is 0 Å². The van der Waals surface area contributed by atoms with Gasteiger partial charge in [0, 0.05) is 5.69 Å². The van der Waals surface area contributed by atoms with Crippen LogP contribution in [-0.2, 0) is 0 Å². The van der Waals surface area contributed by atoms with Gasteiger partial charge in [-0.25, -0.2) is 0 Å². The third-order valence-corrected chi connectivity index (χ3v) is 2.82. The Morgan fingerprint density at radius 1 is 1.15 bits per heavy atom. The van der Waals surface area contributed by atoms with Crippen LogP contribution in [0.25, 0.3) is 0 Å². The summed E-state index contributed by atoms with van der Waals surface area (Å²) in [5, 5.41) is 0. The van der Waals surface area contributed by atoms with Crippen molar-refractivity contribution in [1.29, 1.82) is 0 Å². The summed E-state index contributed by atoms with van der Waals surface area (Å²) in [6, 6.07) is 6.33. The van der Waals surface area contributed by atoms with Crippen LogP contribution >= 0.6 is 0 Å². The standard InChI is InChI=1S/C12H19N/c1-8(2)10(4)11-5-6-12(13)9(3)7-11/h5-8,10H,13H2,1-4H3. The fourth-order valence-corrected chi connectivity index (χ4v) is 1.37. The molecule has 0 heterocycles. The molecule has 1 rings (SSSR count). The highest BCUT2D eigenvalue weighted by Crippen LogP contribution is 2.25. The number of anilines is 1. The number of aryl methyl sites for hydroxylation is 1. The number of hydrogen-bond donors (Lipinski definition) is 1. The molecule has 0 radical (unpaired) electrons. The van der Waals surface area contributed by atoms with Crippen molar-refractivity contribution in [2.75, 3.05) is 5.73 Å². The highest BCUT2D eigenvalue weighted by atomic mass is 14.5. The van der Waals surface area contributed by atoms with Gasteiger partial charge in [0.15, 0.2) is 0 Å². The Balaban J connectivity index is 2.97. The van der Waals surface area contributed by atoms with Crippen LogP contribution < -0.4 is 5.73 Å². The van der Waals surface area contributed by atoms with Crippen molar-refractivity contribution in [2.45, 2.75) is 33.6 Å². The molecule has 0 saturated carbocycles. The summed E-state index contributed by atoms with van der Waals surface area (Å²) in [6.45, 7) is 8.81. The molecule has 0 bridgehead atoms. The quantitative estimate of drug-likeness (QED) is 0.689. The normalized spacial score (nSPS) is 13.3. The first-order chi connectivity index (χ1) is 6.02. The second kappa shape index (κ2) is 3.82. The Hall–Kier alpha value is -0.980. The maximum absolute atomic E-state index is 5.76. The van der Waals surface area contributed by atoms with Crippen LogP contribution in [-0.4, -0.2) is 0 Å². The van der Waals surface area contributed by atoms with Crippen molar-refractivity contribution in [3.8, 4) is 0 Å². The van der Waals surface area contributed by atoms with Gasteiger partial charge in [-0.1, -0.05) is 32.9 Å². The van der Waals surface area contributed by atoms with Crippen LogP contribution in [0.5, 0.6) is 0 Å². The molecule has 0 spiro atoms. The van der Waals surface area contributed by atoms with Crippen LogP contribution in [0.3, 0.4) is 0 Å². The van der Waals surface area contributed by atoms with Crippen molar-refractivity contribution in [3.63, 3.8) is 0 Å². The minimum absolute atomic E-state index is 0.610. The Morgan fingerprint density at radius 2 is 1.77 bits per heavy atom. The summed E-state index contributed by atoms with van der Waals surface area (Å²) in [5.74, 6) is 1.29. The smallest absolute Gasteiger partial charge is 0.0343 e. The van der Waals surface area contributed by atoms with Gasteiger partial charge in [0.1, 0.15) is 0 Å². The molecule has 1 unspecified atom stereocenters. The van der Waals surface area contributed by atoms with Crippen LogP contribution in [0.15, 0.2) is 18.2 Å². The molecule has 72 valence electrons. The molecule has 1 aromatic carbocycles. The van der Waals surface area contributed by atoms with Crippen molar-refractivity contribution in [1.82, 2.24) is 0 Å². The number of rotatable bonds is 2. The molecule has 13 heavy (non-hydrogen) atoms. The summed E-state index contributed by atoms with van der Waals surface area (Å²) in [5.41, 5.74) is 9.23. The maximum Gasteiger partial charge on any atom is 0.0343 e. The molecular weight excluding hydrogens is 158 g/mol. The van der Waals surface area contributed by atoms with E-state index in [1.165, 1.54) is 11.1 Å². The number of benzene rings is 1.